The van der Waals surface area contributed by atoms with E-state index >= 15 is 0 Å². The van der Waals surface area contributed by atoms with Crippen LogP contribution < -0.4 is 10.5 Å². The van der Waals surface area contributed by atoms with Gasteiger partial charge in [-0.25, -0.2) is 24.5 Å². The Kier molecular flexibility index (Phi) is 6.47. The van der Waals surface area contributed by atoms with Crippen molar-refractivity contribution in [1.82, 2.24) is 19.9 Å². The van der Waals surface area contributed by atoms with Gasteiger partial charge in [-0.1, -0.05) is 6.07 Å². The van der Waals surface area contributed by atoms with E-state index in [0.717, 1.165) is 39.4 Å². The molecule has 5 N–H and O–H groups in total. The van der Waals surface area contributed by atoms with Crippen LogP contribution in [0, 0.1) is 0 Å². The first-order chi connectivity index (χ1) is 17.0. The molecule has 0 amide bonds. The fourth-order valence-electron chi connectivity index (χ4n) is 3.62. The van der Waals surface area contributed by atoms with Gasteiger partial charge in [0, 0.05) is 11.8 Å². The number of carboxylic acids is 2. The molecule has 4 aromatic rings. The molecule has 1 unspecified atom stereocenters. The number of imidazole rings is 1. The lowest BCUT2D eigenvalue weighted by Crippen LogP contribution is -2.21. The van der Waals surface area contributed by atoms with Crippen molar-refractivity contribution in [2.24, 2.45) is 0 Å². The molecular weight excluding hydrogens is 483 g/mol. The molecule has 2 aromatic carbocycles. The van der Waals surface area contributed by atoms with E-state index < -0.39 is 18.1 Å². The number of benzene rings is 2. The molecule has 1 aliphatic rings. The zero-order valence-corrected chi connectivity index (χ0v) is 18.3. The maximum atomic E-state index is 11.2. The molecule has 0 saturated heterocycles. The fourth-order valence-corrected chi connectivity index (χ4v) is 3.62. The molecule has 0 fully saturated rings. The molecule has 0 saturated carbocycles. The van der Waals surface area contributed by atoms with Crippen molar-refractivity contribution in [3.05, 3.63) is 65.6 Å². The number of aromatic carboxylic acids is 1. The van der Waals surface area contributed by atoms with Crippen LogP contribution in [0.5, 0.6) is 5.75 Å². The molecule has 1 atom stereocenters. The highest BCUT2D eigenvalue weighted by Crippen LogP contribution is 2.33. The van der Waals surface area contributed by atoms with E-state index in [-0.39, 0.29) is 17.4 Å². The molecule has 0 aliphatic carbocycles. The van der Waals surface area contributed by atoms with Gasteiger partial charge in [0.25, 0.3) is 0 Å². The second-order valence-corrected chi connectivity index (χ2v) is 7.80. The second kappa shape index (κ2) is 9.52. The van der Waals surface area contributed by atoms with Crippen LogP contribution in [0.1, 0.15) is 27.7 Å². The van der Waals surface area contributed by atoms with E-state index in [1.807, 2.05) is 18.2 Å². The van der Waals surface area contributed by atoms with Gasteiger partial charge in [0.2, 0.25) is 5.95 Å². The highest BCUT2D eigenvalue weighted by Gasteiger charge is 2.38. The first-order valence-corrected chi connectivity index (χ1v) is 10.4. The van der Waals surface area contributed by atoms with Crippen LogP contribution in [0.2, 0.25) is 0 Å². The van der Waals surface area contributed by atoms with E-state index in [0.29, 0.717) is 13.0 Å². The summed E-state index contributed by atoms with van der Waals surface area (Å²) >= 11 is 0. The van der Waals surface area contributed by atoms with Crippen LogP contribution in [-0.2, 0) is 11.2 Å². The third-order valence-corrected chi connectivity index (χ3v) is 5.31. The van der Waals surface area contributed by atoms with Crippen LogP contribution in [0.3, 0.4) is 0 Å². The number of fused-ring (bicyclic) bond motifs is 2. The number of alkyl halides is 3. The van der Waals surface area contributed by atoms with Crippen molar-refractivity contribution in [1.29, 1.82) is 0 Å². The fraction of sp³-hybridized carbons (Fsp3) is 0.174. The standard InChI is InChI=1S/C21H17N5O3.C2HF3O2/c22-21-23-6-5-15(26-21)11-1-3-16-17(9-11)25-19(24-16)14-8-13-7-12(20(27)28)2-4-18(13)29-10-14;3-2(4,5)1(6)7/h1-7,9,14H,8,10H2,(H,24,25)(H,27,28)(H2,22,23,26);(H,6,7). The summed E-state index contributed by atoms with van der Waals surface area (Å²) in [6, 6.07) is 12.6. The Morgan fingerprint density at radius 2 is 1.83 bits per heavy atom. The lowest BCUT2D eigenvalue weighted by molar-refractivity contribution is -0.192. The number of carbonyl (C=O) groups is 2. The summed E-state index contributed by atoms with van der Waals surface area (Å²) in [6.45, 7) is 0.481. The van der Waals surface area contributed by atoms with Crippen LogP contribution in [-0.4, -0.2) is 54.9 Å². The molecule has 0 spiro atoms. The quantitative estimate of drug-likeness (QED) is 0.328. The van der Waals surface area contributed by atoms with Gasteiger partial charge in [0.1, 0.15) is 11.6 Å². The van der Waals surface area contributed by atoms with E-state index in [9.17, 15) is 23.1 Å². The number of nitrogen functional groups attached to an aromatic ring is 1. The average molecular weight is 501 g/mol. The predicted octanol–water partition coefficient (Wildman–Crippen LogP) is 3.65. The van der Waals surface area contributed by atoms with Crippen molar-refractivity contribution in [3.63, 3.8) is 0 Å². The number of ether oxygens (including phenoxy) is 1. The molecule has 0 bridgehead atoms. The zero-order valence-electron chi connectivity index (χ0n) is 18.3. The smallest absolute Gasteiger partial charge is 0.490 e. The van der Waals surface area contributed by atoms with Gasteiger partial charge in [0.15, 0.2) is 0 Å². The Labute approximate surface area is 200 Å². The van der Waals surface area contributed by atoms with Gasteiger partial charge >= 0.3 is 18.1 Å². The van der Waals surface area contributed by atoms with Crippen molar-refractivity contribution in [2.45, 2.75) is 18.5 Å². The van der Waals surface area contributed by atoms with Crippen LogP contribution in [0.25, 0.3) is 22.3 Å². The van der Waals surface area contributed by atoms with E-state index in [2.05, 4.69) is 15.0 Å². The van der Waals surface area contributed by atoms with Gasteiger partial charge in [-0.15, -0.1) is 0 Å². The maximum Gasteiger partial charge on any atom is 0.490 e. The highest BCUT2D eigenvalue weighted by molar-refractivity contribution is 5.88. The van der Waals surface area contributed by atoms with Gasteiger partial charge in [-0.05, 0) is 48.4 Å². The first-order valence-electron chi connectivity index (χ1n) is 10.4. The second-order valence-electron chi connectivity index (χ2n) is 7.80. The summed E-state index contributed by atoms with van der Waals surface area (Å²) in [4.78, 5) is 36.4. The van der Waals surface area contributed by atoms with Crippen molar-refractivity contribution < 1.29 is 37.7 Å². The van der Waals surface area contributed by atoms with Crippen molar-refractivity contribution >= 4 is 28.9 Å². The lowest BCUT2D eigenvalue weighted by atomic mass is 9.95. The molecular formula is C23H18F3N5O5. The molecule has 0 radical (unpaired) electrons. The van der Waals surface area contributed by atoms with Gasteiger partial charge in [-0.2, -0.15) is 13.2 Å². The molecule has 10 nitrogen and oxygen atoms in total. The van der Waals surface area contributed by atoms with Gasteiger partial charge in [-0.3, -0.25) is 0 Å². The average Bonchev–Trinajstić information content (AvgIpc) is 3.26. The van der Waals surface area contributed by atoms with E-state index in [1.54, 1.807) is 30.5 Å². The minimum Gasteiger partial charge on any atom is -0.493 e. The number of aromatic amines is 1. The third kappa shape index (κ3) is 5.35. The zero-order chi connectivity index (χ0) is 26.0. The number of carboxylic acid groups (broad SMARTS) is 2. The molecule has 5 rings (SSSR count). The largest absolute Gasteiger partial charge is 0.493 e. The Morgan fingerprint density at radius 1 is 1.08 bits per heavy atom. The molecule has 2 aromatic heterocycles. The molecule has 36 heavy (non-hydrogen) atoms. The van der Waals surface area contributed by atoms with E-state index in [4.69, 9.17) is 25.4 Å². The normalized spacial score (nSPS) is 14.8. The predicted molar refractivity (Wildman–Crippen MR) is 121 cm³/mol. The number of nitrogens with two attached hydrogens (primary N) is 1. The topological polar surface area (TPSA) is 164 Å². The van der Waals surface area contributed by atoms with Crippen LogP contribution >= 0.6 is 0 Å². The number of aliphatic carboxylic acids is 1. The van der Waals surface area contributed by atoms with E-state index in [1.165, 1.54) is 0 Å². The summed E-state index contributed by atoms with van der Waals surface area (Å²) in [5.74, 6) is -1.93. The number of aromatic nitrogens is 4. The number of halogens is 3. The Hall–Kier alpha value is -4.68. The van der Waals surface area contributed by atoms with Crippen molar-refractivity contribution in [3.8, 4) is 17.0 Å². The van der Waals surface area contributed by atoms with Gasteiger partial charge < -0.3 is 25.7 Å². The Balaban J connectivity index is 0.000000384. The number of nitrogens with zero attached hydrogens (tertiary/aromatic N) is 3. The number of rotatable bonds is 3. The summed E-state index contributed by atoms with van der Waals surface area (Å²) in [5.41, 5.74) is 10.2. The Bertz CT molecular complexity index is 1450. The minimum absolute atomic E-state index is 0.0112. The third-order valence-electron chi connectivity index (χ3n) is 5.31. The summed E-state index contributed by atoms with van der Waals surface area (Å²) in [7, 11) is 0. The van der Waals surface area contributed by atoms with Gasteiger partial charge in [0.05, 0.1) is 34.8 Å². The number of H-pyrrole nitrogens is 1. The number of nitrogens with one attached hydrogen (secondary N) is 1. The first kappa shape index (κ1) is 24.4. The lowest BCUT2D eigenvalue weighted by Gasteiger charge is -2.24. The maximum absolute atomic E-state index is 11.2. The minimum atomic E-state index is -5.08. The number of hydrogen-bond acceptors (Lipinski definition) is 7. The summed E-state index contributed by atoms with van der Waals surface area (Å²) in [5, 5.41) is 16.4. The molecule has 1 aliphatic heterocycles. The summed E-state index contributed by atoms with van der Waals surface area (Å²) < 4.78 is 37.6. The molecule has 186 valence electrons. The Morgan fingerprint density at radius 3 is 2.50 bits per heavy atom. The van der Waals surface area contributed by atoms with Crippen molar-refractivity contribution in [2.75, 3.05) is 12.3 Å². The highest BCUT2D eigenvalue weighted by atomic mass is 19.4. The number of hydrogen-bond donors (Lipinski definition) is 4. The SMILES string of the molecule is Nc1nccc(-c2ccc3nc(C4COc5ccc(C(=O)O)cc5C4)[nH]c3c2)n1.O=C(O)C(F)(F)F. The molecule has 13 heteroatoms. The monoisotopic (exact) mass is 501 g/mol. The van der Waals surface area contributed by atoms with Crippen LogP contribution in [0.15, 0.2) is 48.7 Å². The number of anilines is 1. The van der Waals surface area contributed by atoms with Crippen LogP contribution in [0.4, 0.5) is 19.1 Å². The summed E-state index contributed by atoms with van der Waals surface area (Å²) in [6.07, 6.45) is -2.80. The molecule has 3 heterocycles.